The summed E-state index contributed by atoms with van der Waals surface area (Å²) in [6.45, 7) is 2.64. The number of rotatable bonds is 6. The Morgan fingerprint density at radius 1 is 1.25 bits per heavy atom. The van der Waals surface area contributed by atoms with Crippen LogP contribution in [-0.2, 0) is 23.0 Å². The number of thiophene rings is 1. The summed E-state index contributed by atoms with van der Waals surface area (Å²) in [6, 6.07) is 11.5. The Bertz CT molecular complexity index is 664. The SMILES string of the molecule is Cc1cc(S(=O)(=O)NCCc2ccccc2)sc1CN. The standard InChI is InChI=1S/C14H18N2O2S2/c1-11-9-14(19-13(11)10-15)20(17,18)16-8-7-12-5-3-2-4-6-12/h2-6,9,16H,7-8,10,15H2,1H3. The van der Waals surface area contributed by atoms with Crippen LogP contribution in [0.1, 0.15) is 16.0 Å². The number of benzene rings is 1. The van der Waals surface area contributed by atoms with Crippen molar-refractivity contribution in [3.63, 3.8) is 0 Å². The van der Waals surface area contributed by atoms with E-state index >= 15 is 0 Å². The monoisotopic (exact) mass is 310 g/mol. The first-order chi connectivity index (χ1) is 9.53. The maximum atomic E-state index is 12.2. The van der Waals surface area contributed by atoms with Crippen LogP contribution in [0.5, 0.6) is 0 Å². The highest BCUT2D eigenvalue weighted by Crippen LogP contribution is 2.25. The largest absolute Gasteiger partial charge is 0.326 e. The van der Waals surface area contributed by atoms with Gasteiger partial charge in [0.1, 0.15) is 4.21 Å². The van der Waals surface area contributed by atoms with Crippen molar-refractivity contribution in [2.75, 3.05) is 6.54 Å². The predicted octanol–water partition coefficient (Wildman–Crippen LogP) is 2.04. The molecule has 0 radical (unpaired) electrons. The van der Waals surface area contributed by atoms with Crippen LogP contribution < -0.4 is 10.5 Å². The number of hydrogen-bond acceptors (Lipinski definition) is 4. The predicted molar refractivity (Wildman–Crippen MR) is 82.3 cm³/mol. The first-order valence-corrected chi connectivity index (χ1v) is 8.66. The van der Waals surface area contributed by atoms with Gasteiger partial charge in [0.25, 0.3) is 0 Å². The van der Waals surface area contributed by atoms with E-state index < -0.39 is 10.0 Å². The van der Waals surface area contributed by atoms with Crippen LogP contribution in [-0.4, -0.2) is 15.0 Å². The highest BCUT2D eigenvalue weighted by molar-refractivity contribution is 7.91. The van der Waals surface area contributed by atoms with Crippen molar-refractivity contribution >= 4 is 21.4 Å². The number of hydrogen-bond donors (Lipinski definition) is 2. The average molecular weight is 310 g/mol. The van der Waals surface area contributed by atoms with Gasteiger partial charge < -0.3 is 5.73 Å². The zero-order valence-electron chi connectivity index (χ0n) is 11.3. The second-order valence-electron chi connectivity index (χ2n) is 4.51. The summed E-state index contributed by atoms with van der Waals surface area (Å²) in [5, 5.41) is 0. The molecule has 0 atom stereocenters. The molecule has 108 valence electrons. The Labute approximate surface area is 123 Å². The molecular formula is C14H18N2O2S2. The summed E-state index contributed by atoms with van der Waals surface area (Å²) in [5.74, 6) is 0. The molecule has 0 unspecified atom stereocenters. The van der Waals surface area contributed by atoms with E-state index in [1.54, 1.807) is 6.07 Å². The fraction of sp³-hybridized carbons (Fsp3) is 0.286. The minimum Gasteiger partial charge on any atom is -0.326 e. The normalized spacial score (nSPS) is 11.7. The highest BCUT2D eigenvalue weighted by Gasteiger charge is 2.17. The number of aryl methyl sites for hydroxylation is 1. The van der Waals surface area contributed by atoms with E-state index in [0.717, 1.165) is 16.0 Å². The van der Waals surface area contributed by atoms with Gasteiger partial charge in [0.15, 0.2) is 0 Å². The van der Waals surface area contributed by atoms with Crippen LogP contribution in [0.25, 0.3) is 0 Å². The number of nitrogens with one attached hydrogen (secondary N) is 1. The smallest absolute Gasteiger partial charge is 0.250 e. The van der Waals surface area contributed by atoms with Gasteiger partial charge in [-0.15, -0.1) is 11.3 Å². The molecule has 20 heavy (non-hydrogen) atoms. The van der Waals surface area contributed by atoms with Gasteiger partial charge in [-0.3, -0.25) is 0 Å². The van der Waals surface area contributed by atoms with Gasteiger partial charge in [0.2, 0.25) is 10.0 Å². The minimum atomic E-state index is -3.43. The lowest BCUT2D eigenvalue weighted by Crippen LogP contribution is -2.25. The van der Waals surface area contributed by atoms with Crippen LogP contribution in [0.2, 0.25) is 0 Å². The highest BCUT2D eigenvalue weighted by atomic mass is 32.2. The first-order valence-electron chi connectivity index (χ1n) is 6.36. The Morgan fingerprint density at radius 2 is 1.95 bits per heavy atom. The molecule has 0 bridgehead atoms. The van der Waals surface area contributed by atoms with E-state index in [1.807, 2.05) is 37.3 Å². The van der Waals surface area contributed by atoms with Gasteiger partial charge in [0, 0.05) is 18.0 Å². The average Bonchev–Trinajstić information content (AvgIpc) is 2.82. The summed E-state index contributed by atoms with van der Waals surface area (Å²) in [4.78, 5) is 0.911. The third kappa shape index (κ3) is 3.67. The zero-order chi connectivity index (χ0) is 14.6. The molecule has 0 saturated carbocycles. The van der Waals surface area contributed by atoms with E-state index in [0.29, 0.717) is 23.7 Å². The van der Waals surface area contributed by atoms with Crippen molar-refractivity contribution in [3.05, 3.63) is 52.4 Å². The maximum Gasteiger partial charge on any atom is 0.250 e. The van der Waals surface area contributed by atoms with Crippen molar-refractivity contribution < 1.29 is 8.42 Å². The molecule has 3 N–H and O–H groups in total. The first kappa shape index (κ1) is 15.2. The summed E-state index contributed by atoms with van der Waals surface area (Å²) in [6.07, 6.45) is 0.675. The summed E-state index contributed by atoms with van der Waals surface area (Å²) < 4.78 is 27.3. The van der Waals surface area contributed by atoms with E-state index in [4.69, 9.17) is 5.73 Å². The van der Waals surface area contributed by atoms with Gasteiger partial charge in [-0.05, 0) is 30.5 Å². The van der Waals surface area contributed by atoms with Crippen LogP contribution in [0.3, 0.4) is 0 Å². The lowest BCUT2D eigenvalue weighted by molar-refractivity contribution is 0.583. The van der Waals surface area contributed by atoms with Crippen molar-refractivity contribution in [1.29, 1.82) is 0 Å². The van der Waals surface area contributed by atoms with Crippen LogP contribution in [0.4, 0.5) is 0 Å². The van der Waals surface area contributed by atoms with Crippen LogP contribution >= 0.6 is 11.3 Å². The van der Waals surface area contributed by atoms with E-state index in [-0.39, 0.29) is 0 Å². The van der Waals surface area contributed by atoms with Crippen molar-refractivity contribution in [2.45, 2.75) is 24.1 Å². The molecule has 0 aliphatic carbocycles. The molecule has 0 aliphatic heterocycles. The topological polar surface area (TPSA) is 72.2 Å². The Morgan fingerprint density at radius 3 is 2.55 bits per heavy atom. The zero-order valence-corrected chi connectivity index (χ0v) is 12.9. The van der Waals surface area contributed by atoms with E-state index in [9.17, 15) is 8.42 Å². The Balaban J connectivity index is 2.00. The molecule has 1 heterocycles. The molecule has 6 heteroatoms. The molecule has 1 aromatic heterocycles. The fourth-order valence-electron chi connectivity index (χ4n) is 1.87. The molecule has 2 aromatic rings. The van der Waals surface area contributed by atoms with Crippen LogP contribution in [0.15, 0.2) is 40.6 Å². The van der Waals surface area contributed by atoms with Crippen molar-refractivity contribution in [1.82, 2.24) is 4.72 Å². The third-order valence-electron chi connectivity index (χ3n) is 3.00. The molecule has 0 saturated heterocycles. The molecule has 4 nitrogen and oxygen atoms in total. The number of sulfonamides is 1. The third-order valence-corrected chi connectivity index (χ3v) is 6.19. The maximum absolute atomic E-state index is 12.2. The van der Waals surface area contributed by atoms with Gasteiger partial charge in [-0.25, -0.2) is 13.1 Å². The second kappa shape index (κ2) is 6.49. The van der Waals surface area contributed by atoms with Gasteiger partial charge in [0.05, 0.1) is 0 Å². The van der Waals surface area contributed by atoms with Gasteiger partial charge in [-0.2, -0.15) is 0 Å². The fourth-order valence-corrected chi connectivity index (χ4v) is 4.41. The summed E-state index contributed by atoms with van der Waals surface area (Å²) in [7, 11) is -3.43. The number of nitrogens with two attached hydrogens (primary N) is 1. The van der Waals surface area contributed by atoms with E-state index in [2.05, 4.69) is 4.72 Å². The van der Waals surface area contributed by atoms with Crippen LogP contribution in [0, 0.1) is 6.92 Å². The van der Waals surface area contributed by atoms with Crippen molar-refractivity contribution in [3.8, 4) is 0 Å². The Kier molecular flexibility index (Phi) is 4.93. The second-order valence-corrected chi connectivity index (χ2v) is 7.64. The molecule has 1 aromatic carbocycles. The molecule has 0 amide bonds. The quantitative estimate of drug-likeness (QED) is 0.857. The lowest BCUT2D eigenvalue weighted by atomic mass is 10.2. The molecule has 0 aliphatic rings. The minimum absolute atomic E-state index is 0.337. The molecule has 0 fully saturated rings. The van der Waals surface area contributed by atoms with E-state index in [1.165, 1.54) is 11.3 Å². The Hall–Kier alpha value is -1.21. The van der Waals surface area contributed by atoms with Gasteiger partial charge >= 0.3 is 0 Å². The summed E-state index contributed by atoms with van der Waals surface area (Å²) in [5.41, 5.74) is 7.62. The lowest BCUT2D eigenvalue weighted by Gasteiger charge is -2.04. The molecule has 0 spiro atoms. The molecule has 2 rings (SSSR count). The molecular weight excluding hydrogens is 292 g/mol. The van der Waals surface area contributed by atoms with Crippen molar-refractivity contribution in [2.24, 2.45) is 5.73 Å². The van der Waals surface area contributed by atoms with Gasteiger partial charge in [-0.1, -0.05) is 30.3 Å². The summed E-state index contributed by atoms with van der Waals surface area (Å²) >= 11 is 1.24.